The Hall–Kier alpha value is -3.94. The molecule has 1 amide bonds. The van der Waals surface area contributed by atoms with E-state index < -0.39 is 0 Å². The number of nitrogens with one attached hydrogen (secondary N) is 1. The van der Waals surface area contributed by atoms with Crippen LogP contribution < -0.4 is 5.32 Å². The maximum absolute atomic E-state index is 13.0. The van der Waals surface area contributed by atoms with Crippen LogP contribution in [-0.4, -0.2) is 26.5 Å². The predicted octanol–water partition coefficient (Wildman–Crippen LogP) is 4.51. The molecule has 4 aromatic rings. The van der Waals surface area contributed by atoms with Crippen LogP contribution in [0.4, 0.5) is 5.69 Å². The average Bonchev–Trinajstić information content (AvgIpc) is 3.16. The van der Waals surface area contributed by atoms with Crippen LogP contribution in [0.1, 0.15) is 58.4 Å². The van der Waals surface area contributed by atoms with Crippen LogP contribution >= 0.6 is 0 Å². The Morgan fingerprint density at radius 2 is 1.94 bits per heavy atom. The van der Waals surface area contributed by atoms with Crippen molar-refractivity contribution >= 4 is 17.4 Å². The molecule has 1 aliphatic rings. The number of ketones is 1. The first-order valence-corrected chi connectivity index (χ1v) is 10.1. The number of hydrogen-bond donors (Lipinski definition) is 1. The van der Waals surface area contributed by atoms with Gasteiger partial charge in [0.25, 0.3) is 5.91 Å². The molecule has 1 N–H and O–H groups in total. The molecule has 0 atom stereocenters. The van der Waals surface area contributed by atoms with Gasteiger partial charge in [0.2, 0.25) is 0 Å². The first-order valence-electron chi connectivity index (χ1n) is 10.1. The second kappa shape index (κ2) is 7.71. The molecule has 3 heterocycles. The Bertz CT molecular complexity index is 1250. The van der Waals surface area contributed by atoms with E-state index in [4.69, 9.17) is 8.83 Å². The molecule has 1 aromatic carbocycles. The molecule has 0 saturated heterocycles. The normalized spacial score (nSPS) is 13.3. The lowest BCUT2D eigenvalue weighted by molar-refractivity contribution is 0.0983. The molecule has 1 aliphatic carbocycles. The lowest BCUT2D eigenvalue weighted by atomic mass is 10.1. The van der Waals surface area contributed by atoms with Crippen LogP contribution in [-0.2, 0) is 6.54 Å². The number of rotatable bonds is 7. The van der Waals surface area contributed by atoms with Crippen LogP contribution in [0.15, 0.2) is 63.7 Å². The van der Waals surface area contributed by atoms with E-state index in [2.05, 4.69) is 15.4 Å². The van der Waals surface area contributed by atoms with Crippen LogP contribution in [0, 0.1) is 0 Å². The standard InChI is InChI=1S/C23H20N4O4/c1-14(28)19-10-9-18(30-19)13-27-12-17(11-24-27)25-22(29)20-21(15-5-3-2-4-6-15)31-23(26-20)16-7-8-16/h2-6,9-12,16H,7-8,13H2,1H3,(H,25,29). The van der Waals surface area contributed by atoms with Crippen molar-refractivity contribution in [1.82, 2.24) is 14.8 Å². The summed E-state index contributed by atoms with van der Waals surface area (Å²) in [6, 6.07) is 12.9. The Balaban J connectivity index is 1.34. The van der Waals surface area contributed by atoms with Gasteiger partial charge in [-0.3, -0.25) is 14.3 Å². The topological polar surface area (TPSA) is 103 Å². The van der Waals surface area contributed by atoms with Crippen molar-refractivity contribution in [2.24, 2.45) is 0 Å². The van der Waals surface area contributed by atoms with Crippen molar-refractivity contribution in [1.29, 1.82) is 0 Å². The third-order valence-electron chi connectivity index (χ3n) is 5.04. The van der Waals surface area contributed by atoms with E-state index in [9.17, 15) is 9.59 Å². The molecule has 3 aromatic heterocycles. The molecule has 31 heavy (non-hydrogen) atoms. The lowest BCUT2D eigenvalue weighted by Gasteiger charge is -2.02. The van der Waals surface area contributed by atoms with E-state index in [1.807, 2.05) is 30.3 Å². The fourth-order valence-corrected chi connectivity index (χ4v) is 3.30. The van der Waals surface area contributed by atoms with Gasteiger partial charge < -0.3 is 14.2 Å². The number of carbonyl (C=O) groups excluding carboxylic acids is 2. The van der Waals surface area contributed by atoms with Gasteiger partial charge in [0.15, 0.2) is 28.9 Å². The summed E-state index contributed by atoms with van der Waals surface area (Å²) in [6.45, 7) is 1.79. The quantitative estimate of drug-likeness (QED) is 0.445. The van der Waals surface area contributed by atoms with Gasteiger partial charge in [-0.2, -0.15) is 5.10 Å². The van der Waals surface area contributed by atoms with Gasteiger partial charge in [-0.15, -0.1) is 0 Å². The van der Waals surface area contributed by atoms with Crippen molar-refractivity contribution < 1.29 is 18.4 Å². The average molecular weight is 416 g/mol. The number of aromatic nitrogens is 3. The number of nitrogens with zero attached hydrogens (tertiary/aromatic N) is 3. The van der Waals surface area contributed by atoms with Gasteiger partial charge in [0, 0.05) is 24.6 Å². The number of furan rings is 1. The summed E-state index contributed by atoms with van der Waals surface area (Å²) in [7, 11) is 0. The molecule has 1 fully saturated rings. The molecule has 8 heteroatoms. The molecule has 0 unspecified atom stereocenters. The monoisotopic (exact) mass is 416 g/mol. The second-order valence-electron chi connectivity index (χ2n) is 7.57. The summed E-state index contributed by atoms with van der Waals surface area (Å²) in [5.41, 5.74) is 1.60. The Morgan fingerprint density at radius 3 is 2.65 bits per heavy atom. The highest BCUT2D eigenvalue weighted by molar-refractivity contribution is 6.06. The number of benzene rings is 1. The summed E-state index contributed by atoms with van der Waals surface area (Å²) in [5, 5.41) is 7.09. The molecule has 156 valence electrons. The Morgan fingerprint density at radius 1 is 1.13 bits per heavy atom. The van der Waals surface area contributed by atoms with E-state index >= 15 is 0 Å². The van der Waals surface area contributed by atoms with Gasteiger partial charge in [-0.25, -0.2) is 4.98 Å². The summed E-state index contributed by atoms with van der Waals surface area (Å²) >= 11 is 0. The highest BCUT2D eigenvalue weighted by Gasteiger charge is 2.32. The summed E-state index contributed by atoms with van der Waals surface area (Å²) in [6.07, 6.45) is 5.30. The van der Waals surface area contributed by atoms with Gasteiger partial charge in [-0.1, -0.05) is 30.3 Å². The third kappa shape index (κ3) is 4.05. The maximum atomic E-state index is 13.0. The fourth-order valence-electron chi connectivity index (χ4n) is 3.30. The maximum Gasteiger partial charge on any atom is 0.278 e. The van der Waals surface area contributed by atoms with Crippen LogP contribution in [0.3, 0.4) is 0 Å². The molecule has 0 bridgehead atoms. The molecular weight excluding hydrogens is 396 g/mol. The fraction of sp³-hybridized carbons (Fsp3) is 0.217. The lowest BCUT2D eigenvalue weighted by Crippen LogP contribution is -2.13. The predicted molar refractivity (Wildman–Crippen MR) is 112 cm³/mol. The minimum Gasteiger partial charge on any atom is -0.456 e. The molecule has 0 radical (unpaired) electrons. The van der Waals surface area contributed by atoms with Crippen LogP contribution in [0.5, 0.6) is 0 Å². The number of carbonyl (C=O) groups is 2. The molecule has 0 spiro atoms. The van der Waals surface area contributed by atoms with E-state index in [1.54, 1.807) is 29.2 Å². The van der Waals surface area contributed by atoms with Crippen molar-refractivity contribution in [2.45, 2.75) is 32.2 Å². The van der Waals surface area contributed by atoms with Crippen molar-refractivity contribution in [3.63, 3.8) is 0 Å². The van der Waals surface area contributed by atoms with Gasteiger partial charge in [0.05, 0.1) is 18.4 Å². The van der Waals surface area contributed by atoms with Crippen molar-refractivity contribution in [3.8, 4) is 11.3 Å². The van der Waals surface area contributed by atoms with Crippen molar-refractivity contribution in [2.75, 3.05) is 5.32 Å². The third-order valence-corrected chi connectivity index (χ3v) is 5.04. The second-order valence-corrected chi connectivity index (χ2v) is 7.57. The highest BCUT2D eigenvalue weighted by atomic mass is 16.4. The molecule has 5 rings (SSSR count). The number of amides is 1. The summed E-state index contributed by atoms with van der Waals surface area (Å²) < 4.78 is 13.1. The minimum atomic E-state index is -0.356. The van der Waals surface area contributed by atoms with E-state index in [0.717, 1.165) is 18.4 Å². The zero-order valence-electron chi connectivity index (χ0n) is 16.9. The number of hydrogen-bond acceptors (Lipinski definition) is 6. The zero-order valence-corrected chi connectivity index (χ0v) is 16.9. The van der Waals surface area contributed by atoms with E-state index in [-0.39, 0.29) is 17.4 Å². The van der Waals surface area contributed by atoms with Gasteiger partial charge in [0.1, 0.15) is 5.76 Å². The smallest absolute Gasteiger partial charge is 0.278 e. The minimum absolute atomic E-state index is 0.132. The van der Waals surface area contributed by atoms with Gasteiger partial charge in [-0.05, 0) is 25.0 Å². The van der Waals surface area contributed by atoms with Crippen LogP contribution in [0.25, 0.3) is 11.3 Å². The first kappa shape index (κ1) is 19.0. The SMILES string of the molecule is CC(=O)c1ccc(Cn2cc(NC(=O)c3nc(C4CC4)oc3-c3ccccc3)cn2)o1. The molecular formula is C23H20N4O4. The number of Topliss-reactive ketones (excluding diaryl/α,β-unsaturated/α-hetero) is 1. The van der Waals surface area contributed by atoms with E-state index in [1.165, 1.54) is 6.92 Å². The number of oxazole rings is 1. The van der Waals surface area contributed by atoms with Crippen molar-refractivity contribution in [3.05, 3.63) is 78.0 Å². The summed E-state index contributed by atoms with van der Waals surface area (Å²) in [4.78, 5) is 28.8. The Kier molecular flexibility index (Phi) is 4.74. The van der Waals surface area contributed by atoms with Crippen LogP contribution in [0.2, 0.25) is 0 Å². The largest absolute Gasteiger partial charge is 0.456 e. The molecule has 0 aliphatic heterocycles. The first-order chi connectivity index (χ1) is 15.1. The van der Waals surface area contributed by atoms with E-state index in [0.29, 0.717) is 41.3 Å². The highest BCUT2D eigenvalue weighted by Crippen LogP contribution is 2.41. The molecule has 1 saturated carbocycles. The summed E-state index contributed by atoms with van der Waals surface area (Å²) in [5.74, 6) is 1.79. The number of anilines is 1. The molecule has 8 nitrogen and oxygen atoms in total. The Labute approximate surface area is 177 Å². The van der Waals surface area contributed by atoms with Gasteiger partial charge >= 0.3 is 0 Å². The zero-order chi connectivity index (χ0) is 21.4.